The fourth-order valence-corrected chi connectivity index (χ4v) is 3.73. The van der Waals surface area contributed by atoms with Crippen molar-refractivity contribution >= 4 is 33.7 Å². The van der Waals surface area contributed by atoms with Crippen LogP contribution in [-0.2, 0) is 11.3 Å². The van der Waals surface area contributed by atoms with Gasteiger partial charge in [0.25, 0.3) is 0 Å². The van der Waals surface area contributed by atoms with Crippen molar-refractivity contribution in [1.82, 2.24) is 4.57 Å². The van der Waals surface area contributed by atoms with Crippen LogP contribution in [-0.4, -0.2) is 28.2 Å². The second-order valence-corrected chi connectivity index (χ2v) is 6.86. The first kappa shape index (κ1) is 18.7. The van der Waals surface area contributed by atoms with E-state index < -0.39 is 18.5 Å². The SMILES string of the molecule is Cc1ccccc1Cn1c2cccc(OC(=O)CO)c2c2c(C(N)=O)cccc21. The highest BCUT2D eigenvalue weighted by molar-refractivity contribution is 6.20. The number of nitrogens with zero attached hydrogens (tertiary/aromatic N) is 1. The topological polar surface area (TPSA) is 94.6 Å². The van der Waals surface area contributed by atoms with E-state index in [1.807, 2.05) is 37.3 Å². The number of aromatic nitrogens is 1. The average molecular weight is 388 g/mol. The molecular formula is C23H20N2O4. The Morgan fingerprint density at radius 3 is 2.34 bits per heavy atom. The number of aliphatic hydroxyl groups excluding tert-OH is 1. The Bertz CT molecular complexity index is 1260. The number of ether oxygens (including phenoxy) is 1. The molecule has 0 spiro atoms. The third-order valence-electron chi connectivity index (χ3n) is 5.09. The minimum atomic E-state index is -0.770. The van der Waals surface area contributed by atoms with Crippen LogP contribution in [0, 0.1) is 6.92 Å². The van der Waals surface area contributed by atoms with E-state index >= 15 is 0 Å². The monoisotopic (exact) mass is 388 g/mol. The number of esters is 1. The van der Waals surface area contributed by atoms with Crippen LogP contribution >= 0.6 is 0 Å². The molecule has 6 nitrogen and oxygen atoms in total. The number of rotatable bonds is 5. The first-order valence-corrected chi connectivity index (χ1v) is 9.21. The minimum Gasteiger partial charge on any atom is -0.424 e. The van der Waals surface area contributed by atoms with Crippen molar-refractivity contribution in [2.75, 3.05) is 6.61 Å². The van der Waals surface area contributed by atoms with Crippen LogP contribution in [0.2, 0.25) is 0 Å². The van der Waals surface area contributed by atoms with Gasteiger partial charge in [0, 0.05) is 17.5 Å². The number of amides is 1. The van der Waals surface area contributed by atoms with E-state index in [0.717, 1.165) is 22.2 Å². The molecule has 0 saturated carbocycles. The number of hydrogen-bond acceptors (Lipinski definition) is 4. The first-order valence-electron chi connectivity index (χ1n) is 9.21. The highest BCUT2D eigenvalue weighted by Crippen LogP contribution is 2.38. The molecule has 1 amide bonds. The molecule has 0 bridgehead atoms. The molecule has 29 heavy (non-hydrogen) atoms. The van der Waals surface area contributed by atoms with Gasteiger partial charge in [-0.2, -0.15) is 0 Å². The Labute approximate surface area is 167 Å². The fourth-order valence-electron chi connectivity index (χ4n) is 3.73. The predicted molar refractivity (Wildman–Crippen MR) is 111 cm³/mol. The minimum absolute atomic E-state index is 0.281. The molecule has 4 aromatic rings. The van der Waals surface area contributed by atoms with Gasteiger partial charge in [0.15, 0.2) is 0 Å². The number of fused-ring (bicyclic) bond motifs is 3. The number of carbonyl (C=O) groups excluding carboxylic acids is 2. The van der Waals surface area contributed by atoms with Crippen molar-refractivity contribution in [2.45, 2.75) is 13.5 Å². The molecule has 0 aliphatic rings. The van der Waals surface area contributed by atoms with Gasteiger partial charge in [-0.15, -0.1) is 0 Å². The number of aliphatic hydroxyl groups is 1. The van der Waals surface area contributed by atoms with Gasteiger partial charge in [0.05, 0.1) is 16.4 Å². The number of hydrogen-bond donors (Lipinski definition) is 2. The lowest BCUT2D eigenvalue weighted by atomic mass is 10.1. The van der Waals surface area contributed by atoms with E-state index in [1.54, 1.807) is 24.3 Å². The third-order valence-corrected chi connectivity index (χ3v) is 5.09. The molecule has 3 N–H and O–H groups in total. The second-order valence-electron chi connectivity index (χ2n) is 6.86. The highest BCUT2D eigenvalue weighted by Gasteiger charge is 2.20. The molecule has 0 aliphatic carbocycles. The molecule has 1 heterocycles. The van der Waals surface area contributed by atoms with E-state index in [-0.39, 0.29) is 5.75 Å². The third kappa shape index (κ3) is 3.23. The number of carbonyl (C=O) groups is 2. The van der Waals surface area contributed by atoms with Gasteiger partial charge in [0.1, 0.15) is 12.4 Å². The Hall–Kier alpha value is -3.64. The van der Waals surface area contributed by atoms with Gasteiger partial charge < -0.3 is 20.1 Å². The molecule has 0 atom stereocenters. The van der Waals surface area contributed by atoms with E-state index in [9.17, 15) is 9.59 Å². The maximum absolute atomic E-state index is 12.1. The smallest absolute Gasteiger partial charge is 0.337 e. The number of aryl methyl sites for hydroxylation is 1. The van der Waals surface area contributed by atoms with Gasteiger partial charge >= 0.3 is 5.97 Å². The van der Waals surface area contributed by atoms with Crippen LogP contribution < -0.4 is 10.5 Å². The molecule has 146 valence electrons. The summed E-state index contributed by atoms with van der Waals surface area (Å²) in [5.41, 5.74) is 9.89. The van der Waals surface area contributed by atoms with Crippen LogP contribution in [0.4, 0.5) is 0 Å². The summed E-state index contributed by atoms with van der Waals surface area (Å²) in [6.45, 7) is 1.89. The van der Waals surface area contributed by atoms with Crippen molar-refractivity contribution in [3.8, 4) is 5.75 Å². The summed E-state index contributed by atoms with van der Waals surface area (Å²) in [6, 6.07) is 18.8. The number of primary amides is 1. The van der Waals surface area contributed by atoms with Crippen LogP contribution in [0.15, 0.2) is 60.7 Å². The second kappa shape index (κ2) is 7.41. The van der Waals surface area contributed by atoms with Crippen molar-refractivity contribution in [2.24, 2.45) is 5.73 Å². The maximum atomic E-state index is 12.1. The summed E-state index contributed by atoms with van der Waals surface area (Å²) >= 11 is 0. The molecule has 3 aromatic carbocycles. The number of nitrogens with two attached hydrogens (primary N) is 1. The first-order chi connectivity index (χ1) is 14.0. The molecule has 0 unspecified atom stereocenters. The standard InChI is InChI=1S/C23H20N2O4/c1-14-6-2-3-7-15(14)12-25-17-9-4-8-16(23(24)28)21(17)22-18(25)10-5-11-19(22)29-20(27)13-26/h2-11,26H,12-13H2,1H3,(H2,24,28). The summed E-state index contributed by atoms with van der Waals surface area (Å²) in [6.07, 6.45) is 0. The Balaban J connectivity index is 2.06. The van der Waals surface area contributed by atoms with Gasteiger partial charge in [-0.25, -0.2) is 4.79 Å². The van der Waals surface area contributed by atoms with E-state index in [1.165, 1.54) is 0 Å². The summed E-state index contributed by atoms with van der Waals surface area (Å²) in [4.78, 5) is 23.9. The Morgan fingerprint density at radius 2 is 1.66 bits per heavy atom. The molecule has 1 aromatic heterocycles. The lowest BCUT2D eigenvalue weighted by Crippen LogP contribution is -2.13. The Kier molecular flexibility index (Phi) is 4.78. The fraction of sp³-hybridized carbons (Fsp3) is 0.130. The Morgan fingerprint density at radius 1 is 0.966 bits per heavy atom. The van der Waals surface area contributed by atoms with Crippen molar-refractivity contribution in [1.29, 1.82) is 0 Å². The highest BCUT2D eigenvalue weighted by atomic mass is 16.5. The molecule has 6 heteroatoms. The molecule has 0 saturated heterocycles. The zero-order valence-electron chi connectivity index (χ0n) is 15.9. The molecule has 4 rings (SSSR count). The van der Waals surface area contributed by atoms with Crippen LogP contribution in [0.5, 0.6) is 5.75 Å². The summed E-state index contributed by atoms with van der Waals surface area (Å²) in [5, 5.41) is 10.3. The quantitative estimate of drug-likeness (QED) is 0.406. The van der Waals surface area contributed by atoms with Gasteiger partial charge in [-0.05, 0) is 42.3 Å². The van der Waals surface area contributed by atoms with Crippen LogP contribution in [0.3, 0.4) is 0 Å². The summed E-state index contributed by atoms with van der Waals surface area (Å²) < 4.78 is 7.43. The molecule has 0 radical (unpaired) electrons. The van der Waals surface area contributed by atoms with E-state index in [0.29, 0.717) is 22.9 Å². The molecule has 0 fully saturated rings. The van der Waals surface area contributed by atoms with Gasteiger partial charge in [-0.1, -0.05) is 36.4 Å². The van der Waals surface area contributed by atoms with Gasteiger partial charge in [-0.3, -0.25) is 4.79 Å². The normalized spacial score (nSPS) is 11.1. The van der Waals surface area contributed by atoms with Crippen molar-refractivity contribution in [3.05, 3.63) is 77.4 Å². The maximum Gasteiger partial charge on any atom is 0.337 e. The largest absolute Gasteiger partial charge is 0.424 e. The summed E-state index contributed by atoms with van der Waals surface area (Å²) in [5.74, 6) is -1.05. The van der Waals surface area contributed by atoms with Crippen molar-refractivity contribution in [3.63, 3.8) is 0 Å². The number of benzene rings is 3. The van der Waals surface area contributed by atoms with Crippen LogP contribution in [0.25, 0.3) is 21.8 Å². The lowest BCUT2D eigenvalue weighted by molar-refractivity contribution is -0.137. The van der Waals surface area contributed by atoms with Crippen molar-refractivity contribution < 1.29 is 19.4 Å². The lowest BCUT2D eigenvalue weighted by Gasteiger charge is -2.11. The molecular weight excluding hydrogens is 368 g/mol. The van der Waals surface area contributed by atoms with E-state index in [2.05, 4.69) is 10.6 Å². The zero-order valence-corrected chi connectivity index (χ0v) is 15.9. The zero-order chi connectivity index (χ0) is 20.5. The van der Waals surface area contributed by atoms with E-state index in [4.69, 9.17) is 15.6 Å². The average Bonchev–Trinajstić information content (AvgIpc) is 3.04. The van der Waals surface area contributed by atoms with Gasteiger partial charge in [0.2, 0.25) is 5.91 Å². The van der Waals surface area contributed by atoms with Crippen LogP contribution in [0.1, 0.15) is 21.5 Å². The summed E-state index contributed by atoms with van der Waals surface area (Å²) in [7, 11) is 0. The predicted octanol–water partition coefficient (Wildman–Crippen LogP) is 3.15. The molecule has 0 aliphatic heterocycles.